The van der Waals surface area contributed by atoms with Gasteiger partial charge < -0.3 is 10.6 Å². The van der Waals surface area contributed by atoms with Gasteiger partial charge in [-0.25, -0.2) is 0 Å². The highest BCUT2D eigenvalue weighted by atomic mass is 32.1. The van der Waals surface area contributed by atoms with Crippen molar-refractivity contribution < 1.29 is 4.79 Å². The Labute approximate surface area is 100 Å². The Kier molecular flexibility index (Phi) is 3.30. The Morgan fingerprint density at radius 3 is 2.88 bits per heavy atom. The van der Waals surface area contributed by atoms with Crippen LogP contribution < -0.4 is 5.73 Å². The van der Waals surface area contributed by atoms with Crippen molar-refractivity contribution in [3.63, 3.8) is 0 Å². The number of nitrogens with two attached hydrogens (primary N) is 1. The molecule has 1 unspecified atom stereocenters. The summed E-state index contributed by atoms with van der Waals surface area (Å²) in [4.78, 5) is 16.2. The summed E-state index contributed by atoms with van der Waals surface area (Å²) < 4.78 is 0. The predicted molar refractivity (Wildman–Crippen MR) is 66.9 cm³/mol. The minimum Gasteiger partial charge on any atom is -0.338 e. The average molecular weight is 238 g/mol. The largest absolute Gasteiger partial charge is 0.338 e. The van der Waals surface area contributed by atoms with Crippen LogP contribution in [0, 0.1) is 19.8 Å². The molecule has 88 valence electrons. The third kappa shape index (κ3) is 2.13. The first-order valence-corrected chi connectivity index (χ1v) is 6.50. The SMILES string of the molecule is Cc1cc(C(=O)N2CCC(CN)C2)sc1C. The second-order valence-electron chi connectivity index (χ2n) is 4.49. The topological polar surface area (TPSA) is 46.3 Å². The second-order valence-corrected chi connectivity index (χ2v) is 5.75. The fraction of sp³-hybridized carbons (Fsp3) is 0.583. The molecule has 1 aromatic rings. The van der Waals surface area contributed by atoms with Crippen molar-refractivity contribution in [2.24, 2.45) is 11.7 Å². The number of carbonyl (C=O) groups is 1. The zero-order valence-electron chi connectivity index (χ0n) is 9.82. The van der Waals surface area contributed by atoms with Gasteiger partial charge in [-0.1, -0.05) is 0 Å². The van der Waals surface area contributed by atoms with E-state index < -0.39 is 0 Å². The summed E-state index contributed by atoms with van der Waals surface area (Å²) in [5, 5.41) is 0. The van der Waals surface area contributed by atoms with Crippen LogP contribution in [0.15, 0.2) is 6.07 Å². The van der Waals surface area contributed by atoms with Crippen molar-refractivity contribution in [2.45, 2.75) is 20.3 Å². The number of nitrogens with zero attached hydrogens (tertiary/aromatic N) is 1. The van der Waals surface area contributed by atoms with Gasteiger partial charge in [0.05, 0.1) is 4.88 Å². The molecule has 2 rings (SSSR count). The molecule has 2 N–H and O–H groups in total. The first kappa shape index (κ1) is 11.6. The van der Waals surface area contributed by atoms with Crippen LogP contribution in [-0.4, -0.2) is 30.4 Å². The normalized spacial score (nSPS) is 20.4. The molecule has 16 heavy (non-hydrogen) atoms. The van der Waals surface area contributed by atoms with Gasteiger partial charge in [0.15, 0.2) is 0 Å². The summed E-state index contributed by atoms with van der Waals surface area (Å²) in [5.74, 6) is 0.670. The van der Waals surface area contributed by atoms with E-state index in [-0.39, 0.29) is 5.91 Å². The maximum atomic E-state index is 12.2. The zero-order valence-corrected chi connectivity index (χ0v) is 10.6. The van der Waals surface area contributed by atoms with Crippen LogP contribution in [0.2, 0.25) is 0 Å². The molecule has 0 saturated carbocycles. The number of aryl methyl sites for hydroxylation is 2. The smallest absolute Gasteiger partial charge is 0.263 e. The third-order valence-electron chi connectivity index (χ3n) is 3.28. The number of carbonyl (C=O) groups excluding carboxylic acids is 1. The fourth-order valence-corrected chi connectivity index (χ4v) is 3.05. The van der Waals surface area contributed by atoms with E-state index in [9.17, 15) is 4.79 Å². The summed E-state index contributed by atoms with van der Waals surface area (Å²) in [6.07, 6.45) is 1.05. The summed E-state index contributed by atoms with van der Waals surface area (Å²) >= 11 is 1.60. The first-order valence-electron chi connectivity index (χ1n) is 5.68. The van der Waals surface area contributed by atoms with Crippen molar-refractivity contribution in [3.05, 3.63) is 21.4 Å². The molecule has 1 saturated heterocycles. The summed E-state index contributed by atoms with van der Waals surface area (Å²) in [5.41, 5.74) is 6.84. The highest BCUT2D eigenvalue weighted by molar-refractivity contribution is 7.14. The Hall–Kier alpha value is -0.870. The maximum absolute atomic E-state index is 12.2. The highest BCUT2D eigenvalue weighted by Gasteiger charge is 2.26. The molecule has 1 aliphatic heterocycles. The molecule has 1 aliphatic rings. The zero-order chi connectivity index (χ0) is 11.7. The number of thiophene rings is 1. The Bertz CT molecular complexity index is 380. The molecule has 4 heteroatoms. The average Bonchev–Trinajstić information content (AvgIpc) is 2.86. The van der Waals surface area contributed by atoms with Gasteiger partial charge in [0.1, 0.15) is 0 Å². The van der Waals surface area contributed by atoms with Crippen LogP contribution in [-0.2, 0) is 0 Å². The van der Waals surface area contributed by atoms with Crippen molar-refractivity contribution in [1.29, 1.82) is 0 Å². The van der Waals surface area contributed by atoms with E-state index in [0.717, 1.165) is 24.4 Å². The van der Waals surface area contributed by atoms with E-state index in [1.54, 1.807) is 11.3 Å². The van der Waals surface area contributed by atoms with E-state index >= 15 is 0 Å². The van der Waals surface area contributed by atoms with Gasteiger partial charge >= 0.3 is 0 Å². The van der Waals surface area contributed by atoms with Gasteiger partial charge in [0.2, 0.25) is 0 Å². The Morgan fingerprint density at radius 1 is 1.62 bits per heavy atom. The van der Waals surface area contributed by atoms with Crippen molar-refractivity contribution >= 4 is 17.2 Å². The standard InChI is InChI=1S/C12H18N2OS/c1-8-5-11(16-9(8)2)12(15)14-4-3-10(6-13)7-14/h5,10H,3-4,6-7,13H2,1-2H3. The molecular formula is C12H18N2OS. The molecule has 0 spiro atoms. The van der Waals surface area contributed by atoms with Gasteiger partial charge in [0.25, 0.3) is 5.91 Å². The molecule has 0 radical (unpaired) electrons. The van der Waals surface area contributed by atoms with Gasteiger partial charge in [-0.15, -0.1) is 11.3 Å². The van der Waals surface area contributed by atoms with E-state index in [1.807, 2.05) is 11.0 Å². The monoisotopic (exact) mass is 238 g/mol. The highest BCUT2D eigenvalue weighted by Crippen LogP contribution is 2.24. The van der Waals surface area contributed by atoms with Crippen molar-refractivity contribution in [1.82, 2.24) is 4.90 Å². The molecule has 1 fully saturated rings. The summed E-state index contributed by atoms with van der Waals surface area (Å²) in [7, 11) is 0. The number of hydrogen-bond acceptors (Lipinski definition) is 3. The molecule has 0 aromatic carbocycles. The molecule has 2 heterocycles. The Morgan fingerprint density at radius 2 is 2.38 bits per heavy atom. The van der Waals surface area contributed by atoms with Crippen LogP contribution >= 0.6 is 11.3 Å². The lowest BCUT2D eigenvalue weighted by Gasteiger charge is -2.14. The van der Waals surface area contributed by atoms with Gasteiger partial charge in [0, 0.05) is 18.0 Å². The molecule has 1 atom stereocenters. The number of hydrogen-bond donors (Lipinski definition) is 1. The van der Waals surface area contributed by atoms with Crippen LogP contribution in [0.4, 0.5) is 0 Å². The van der Waals surface area contributed by atoms with E-state index in [4.69, 9.17) is 5.73 Å². The number of amides is 1. The predicted octanol–water partition coefficient (Wildman–Crippen LogP) is 1.79. The van der Waals surface area contributed by atoms with Crippen LogP contribution in [0.3, 0.4) is 0 Å². The van der Waals surface area contributed by atoms with Crippen LogP contribution in [0.5, 0.6) is 0 Å². The first-order chi connectivity index (χ1) is 7.61. The molecular weight excluding hydrogens is 220 g/mol. The maximum Gasteiger partial charge on any atom is 0.263 e. The molecule has 0 bridgehead atoms. The second kappa shape index (κ2) is 4.55. The quantitative estimate of drug-likeness (QED) is 0.853. The minimum atomic E-state index is 0.178. The lowest BCUT2D eigenvalue weighted by molar-refractivity contribution is 0.0792. The van der Waals surface area contributed by atoms with Gasteiger partial charge in [-0.3, -0.25) is 4.79 Å². The van der Waals surface area contributed by atoms with Gasteiger partial charge in [-0.2, -0.15) is 0 Å². The fourth-order valence-electron chi connectivity index (χ4n) is 2.04. The lowest BCUT2D eigenvalue weighted by atomic mass is 10.1. The minimum absolute atomic E-state index is 0.178. The number of likely N-dealkylation sites (tertiary alicyclic amines) is 1. The van der Waals surface area contributed by atoms with Crippen molar-refractivity contribution in [3.8, 4) is 0 Å². The summed E-state index contributed by atoms with van der Waals surface area (Å²) in [6, 6.07) is 2.00. The molecule has 0 aliphatic carbocycles. The van der Waals surface area contributed by atoms with Crippen molar-refractivity contribution in [2.75, 3.05) is 19.6 Å². The van der Waals surface area contributed by atoms with E-state index in [0.29, 0.717) is 12.5 Å². The van der Waals surface area contributed by atoms with Crippen LogP contribution in [0.25, 0.3) is 0 Å². The lowest BCUT2D eigenvalue weighted by Crippen LogP contribution is -2.29. The Balaban J connectivity index is 2.08. The molecule has 1 aromatic heterocycles. The van der Waals surface area contributed by atoms with E-state index in [2.05, 4.69) is 13.8 Å². The summed E-state index contributed by atoms with van der Waals surface area (Å²) in [6.45, 7) is 6.48. The third-order valence-corrected chi connectivity index (χ3v) is 4.42. The molecule has 1 amide bonds. The van der Waals surface area contributed by atoms with E-state index in [1.165, 1.54) is 10.4 Å². The molecule has 3 nitrogen and oxygen atoms in total. The van der Waals surface area contributed by atoms with Crippen LogP contribution in [0.1, 0.15) is 26.5 Å². The number of rotatable bonds is 2. The van der Waals surface area contributed by atoms with Gasteiger partial charge in [-0.05, 0) is 44.4 Å².